The quantitative estimate of drug-likeness (QED) is 0.795. The molecule has 0 spiro atoms. The highest BCUT2D eigenvalue weighted by atomic mass is 19.1. The fourth-order valence-corrected chi connectivity index (χ4v) is 4.25. The van der Waals surface area contributed by atoms with Crippen molar-refractivity contribution >= 4 is 17.5 Å². The molecule has 1 aliphatic carbocycles. The van der Waals surface area contributed by atoms with E-state index in [1.807, 2.05) is 26.8 Å². The van der Waals surface area contributed by atoms with Gasteiger partial charge in [-0.1, -0.05) is 25.1 Å². The molecule has 2 heterocycles. The Morgan fingerprint density at radius 1 is 1.13 bits per heavy atom. The number of benzene rings is 1. The minimum atomic E-state index is -0.549. The SMILES string of the molecule is CC1=C(C(=O)Nc2ccc(C)cn2)[C@@H](c2ccc(F)cc2)C2=C(C[C@H](C)CC2=O)N1. The molecule has 1 amide bonds. The number of nitrogens with one attached hydrogen (secondary N) is 2. The molecule has 2 aliphatic rings. The van der Waals surface area contributed by atoms with Crippen molar-refractivity contribution in [1.29, 1.82) is 0 Å². The van der Waals surface area contributed by atoms with Crippen LogP contribution in [0, 0.1) is 18.7 Å². The van der Waals surface area contributed by atoms with Crippen LogP contribution in [0.15, 0.2) is 65.1 Å². The minimum Gasteiger partial charge on any atom is -0.362 e. The van der Waals surface area contributed by atoms with E-state index in [1.165, 1.54) is 12.1 Å². The van der Waals surface area contributed by atoms with Crippen molar-refractivity contribution < 1.29 is 14.0 Å². The van der Waals surface area contributed by atoms with Crippen LogP contribution in [0.5, 0.6) is 0 Å². The number of carbonyl (C=O) groups is 2. The first-order valence-corrected chi connectivity index (χ1v) is 10.1. The second-order valence-electron chi connectivity index (χ2n) is 8.15. The highest BCUT2D eigenvalue weighted by Crippen LogP contribution is 2.43. The maximum atomic E-state index is 13.6. The first-order valence-electron chi connectivity index (χ1n) is 10.1. The summed E-state index contributed by atoms with van der Waals surface area (Å²) in [6.45, 7) is 5.80. The monoisotopic (exact) mass is 405 g/mol. The van der Waals surface area contributed by atoms with Gasteiger partial charge in [0.1, 0.15) is 11.6 Å². The van der Waals surface area contributed by atoms with Gasteiger partial charge in [-0.3, -0.25) is 9.59 Å². The average Bonchev–Trinajstić information content (AvgIpc) is 2.69. The van der Waals surface area contributed by atoms with E-state index in [9.17, 15) is 14.0 Å². The lowest BCUT2D eigenvalue weighted by Gasteiger charge is -2.36. The van der Waals surface area contributed by atoms with Crippen LogP contribution in [0.2, 0.25) is 0 Å². The van der Waals surface area contributed by atoms with E-state index in [0.717, 1.165) is 23.2 Å². The number of ketones is 1. The molecule has 0 saturated heterocycles. The molecule has 0 unspecified atom stereocenters. The van der Waals surface area contributed by atoms with Gasteiger partial charge in [-0.15, -0.1) is 0 Å². The Morgan fingerprint density at radius 2 is 1.87 bits per heavy atom. The standard InChI is InChI=1S/C24H24FN3O2/c1-13-4-9-20(26-12-13)28-24(30)21-15(3)27-18-10-14(2)11-19(29)23(18)22(21)16-5-7-17(25)8-6-16/h4-9,12,14,22,27H,10-11H2,1-3H3,(H,26,28,30)/t14-,22+/m0/s1. The maximum absolute atomic E-state index is 13.6. The normalized spacial score (nSPS) is 21.3. The van der Waals surface area contributed by atoms with E-state index < -0.39 is 5.92 Å². The number of allylic oxidation sites excluding steroid dienone is 3. The van der Waals surface area contributed by atoms with E-state index in [-0.39, 0.29) is 23.4 Å². The third kappa shape index (κ3) is 3.77. The van der Waals surface area contributed by atoms with Gasteiger partial charge >= 0.3 is 0 Å². The molecule has 154 valence electrons. The van der Waals surface area contributed by atoms with E-state index in [1.54, 1.807) is 24.4 Å². The van der Waals surface area contributed by atoms with Crippen LogP contribution < -0.4 is 10.6 Å². The Morgan fingerprint density at radius 3 is 2.53 bits per heavy atom. The molecule has 1 aliphatic heterocycles. The Balaban J connectivity index is 1.78. The predicted molar refractivity (Wildman–Crippen MR) is 113 cm³/mol. The molecule has 1 aromatic heterocycles. The Kier molecular flexibility index (Phi) is 5.24. The fraction of sp³-hybridized carbons (Fsp3) is 0.292. The molecular formula is C24H24FN3O2. The van der Waals surface area contributed by atoms with Crippen LogP contribution in [-0.2, 0) is 9.59 Å². The molecule has 5 nitrogen and oxygen atoms in total. The Labute approximate surface area is 175 Å². The molecule has 0 saturated carbocycles. The van der Waals surface area contributed by atoms with Crippen LogP contribution >= 0.6 is 0 Å². The number of hydrogen-bond acceptors (Lipinski definition) is 4. The van der Waals surface area contributed by atoms with Crippen LogP contribution in [0.4, 0.5) is 10.2 Å². The topological polar surface area (TPSA) is 71.1 Å². The van der Waals surface area contributed by atoms with Crippen LogP contribution in [0.1, 0.15) is 43.7 Å². The summed E-state index contributed by atoms with van der Waals surface area (Å²) in [5, 5.41) is 6.14. The van der Waals surface area contributed by atoms with Gasteiger partial charge < -0.3 is 10.6 Å². The molecule has 6 heteroatoms. The third-order valence-electron chi connectivity index (χ3n) is 5.63. The van der Waals surface area contributed by atoms with Crippen molar-refractivity contribution in [3.8, 4) is 0 Å². The number of aromatic nitrogens is 1. The summed E-state index contributed by atoms with van der Waals surface area (Å²) in [5.41, 5.74) is 4.31. The number of rotatable bonds is 3. The average molecular weight is 405 g/mol. The zero-order valence-corrected chi connectivity index (χ0v) is 17.3. The molecule has 2 atom stereocenters. The maximum Gasteiger partial charge on any atom is 0.255 e. The van der Waals surface area contributed by atoms with Gasteiger partial charge in [-0.2, -0.15) is 0 Å². The number of hydrogen-bond donors (Lipinski definition) is 2. The number of nitrogens with zero attached hydrogens (tertiary/aromatic N) is 1. The van der Waals surface area contributed by atoms with Gasteiger partial charge in [-0.25, -0.2) is 9.37 Å². The zero-order valence-electron chi connectivity index (χ0n) is 17.3. The molecule has 0 fully saturated rings. The Hall–Kier alpha value is -3.28. The van der Waals surface area contributed by atoms with Gasteiger partial charge in [0, 0.05) is 41.1 Å². The molecular weight excluding hydrogens is 381 g/mol. The number of anilines is 1. The van der Waals surface area contributed by atoms with Crippen molar-refractivity contribution in [2.75, 3.05) is 5.32 Å². The molecule has 1 aromatic carbocycles. The number of aryl methyl sites for hydroxylation is 1. The number of pyridine rings is 1. The van der Waals surface area contributed by atoms with Crippen molar-refractivity contribution in [1.82, 2.24) is 10.3 Å². The van der Waals surface area contributed by atoms with E-state index in [2.05, 4.69) is 15.6 Å². The van der Waals surface area contributed by atoms with Crippen molar-refractivity contribution in [2.24, 2.45) is 5.92 Å². The van der Waals surface area contributed by atoms with Gasteiger partial charge in [0.05, 0.1) is 0 Å². The minimum absolute atomic E-state index is 0.0248. The summed E-state index contributed by atoms with van der Waals surface area (Å²) in [5.74, 6) is -0.543. The van der Waals surface area contributed by atoms with Crippen LogP contribution in [-0.4, -0.2) is 16.7 Å². The van der Waals surface area contributed by atoms with Gasteiger partial charge in [0.2, 0.25) is 0 Å². The largest absolute Gasteiger partial charge is 0.362 e. The fourth-order valence-electron chi connectivity index (χ4n) is 4.25. The van der Waals surface area contributed by atoms with Crippen molar-refractivity contribution in [3.05, 3.63) is 82.1 Å². The summed E-state index contributed by atoms with van der Waals surface area (Å²) in [6.07, 6.45) is 2.86. The second-order valence-corrected chi connectivity index (χ2v) is 8.15. The van der Waals surface area contributed by atoms with Crippen LogP contribution in [0.25, 0.3) is 0 Å². The smallest absolute Gasteiger partial charge is 0.255 e. The molecule has 2 aromatic rings. The molecule has 4 rings (SSSR count). The lowest BCUT2D eigenvalue weighted by Crippen LogP contribution is -2.37. The van der Waals surface area contributed by atoms with Crippen molar-refractivity contribution in [2.45, 2.75) is 39.5 Å². The summed E-state index contributed by atoms with van der Waals surface area (Å²) in [4.78, 5) is 30.6. The van der Waals surface area contributed by atoms with E-state index >= 15 is 0 Å². The summed E-state index contributed by atoms with van der Waals surface area (Å²) in [6, 6.07) is 9.62. The third-order valence-corrected chi connectivity index (χ3v) is 5.63. The van der Waals surface area contributed by atoms with Crippen molar-refractivity contribution in [3.63, 3.8) is 0 Å². The number of dihydropyridines is 1. The summed E-state index contributed by atoms with van der Waals surface area (Å²) >= 11 is 0. The number of halogens is 1. The molecule has 0 bridgehead atoms. The summed E-state index contributed by atoms with van der Waals surface area (Å²) < 4.78 is 13.6. The highest BCUT2D eigenvalue weighted by molar-refractivity contribution is 6.09. The van der Waals surface area contributed by atoms with E-state index in [0.29, 0.717) is 29.1 Å². The number of carbonyl (C=O) groups excluding carboxylic acids is 2. The molecule has 30 heavy (non-hydrogen) atoms. The van der Waals surface area contributed by atoms with Gasteiger partial charge in [-0.05, 0) is 55.5 Å². The van der Waals surface area contributed by atoms with Gasteiger partial charge in [0.25, 0.3) is 5.91 Å². The lowest BCUT2D eigenvalue weighted by atomic mass is 9.73. The first-order chi connectivity index (χ1) is 14.3. The Bertz CT molecular complexity index is 1070. The zero-order chi connectivity index (χ0) is 21.4. The first kappa shape index (κ1) is 20.0. The molecule has 2 N–H and O–H groups in total. The van der Waals surface area contributed by atoms with Gasteiger partial charge in [0.15, 0.2) is 5.78 Å². The highest BCUT2D eigenvalue weighted by Gasteiger charge is 2.39. The predicted octanol–water partition coefficient (Wildman–Crippen LogP) is 4.38. The second kappa shape index (κ2) is 7.86. The summed E-state index contributed by atoms with van der Waals surface area (Å²) in [7, 11) is 0. The molecule has 0 radical (unpaired) electrons. The lowest BCUT2D eigenvalue weighted by molar-refractivity contribution is -0.117. The number of amides is 1. The van der Waals surface area contributed by atoms with Crippen LogP contribution in [0.3, 0.4) is 0 Å². The number of Topliss-reactive ketones (excluding diaryl/α,β-unsaturated/α-hetero) is 1. The van der Waals surface area contributed by atoms with E-state index in [4.69, 9.17) is 0 Å².